The van der Waals surface area contributed by atoms with Gasteiger partial charge in [0.1, 0.15) is 5.75 Å². The van der Waals surface area contributed by atoms with E-state index in [-0.39, 0.29) is 24.4 Å². The van der Waals surface area contributed by atoms with Gasteiger partial charge in [-0.15, -0.1) is 0 Å². The van der Waals surface area contributed by atoms with Crippen LogP contribution in [0.4, 0.5) is 0 Å². The second kappa shape index (κ2) is 6.61. The van der Waals surface area contributed by atoms with Gasteiger partial charge in [-0.1, -0.05) is 6.07 Å². The maximum Gasteiger partial charge on any atom is 0.310 e. The largest absolute Gasteiger partial charge is 0.484 e. The molecule has 1 aliphatic rings. The van der Waals surface area contributed by atoms with Gasteiger partial charge in [0.25, 0.3) is 5.91 Å². The van der Waals surface area contributed by atoms with Gasteiger partial charge in [0.05, 0.1) is 13.0 Å². The van der Waals surface area contributed by atoms with Gasteiger partial charge in [-0.25, -0.2) is 0 Å². The summed E-state index contributed by atoms with van der Waals surface area (Å²) in [5.74, 6) is 0.135. The quantitative estimate of drug-likeness (QED) is 0.792. The lowest BCUT2D eigenvalue weighted by molar-refractivity contribution is -0.145. The van der Waals surface area contributed by atoms with Crippen molar-refractivity contribution < 1.29 is 19.1 Å². The average Bonchev–Trinajstić information content (AvgIpc) is 2.97. The summed E-state index contributed by atoms with van der Waals surface area (Å²) in [5.41, 5.74) is 2.32. The first kappa shape index (κ1) is 15.4. The number of ether oxygens (including phenoxy) is 2. The van der Waals surface area contributed by atoms with Crippen LogP contribution in [-0.2, 0) is 14.3 Å². The van der Waals surface area contributed by atoms with Crippen molar-refractivity contribution in [2.75, 3.05) is 26.8 Å². The minimum absolute atomic E-state index is 0.00358. The number of amides is 1. The molecule has 1 aromatic rings. The zero-order valence-corrected chi connectivity index (χ0v) is 12.7. The number of methoxy groups -OCH3 is 1. The van der Waals surface area contributed by atoms with Gasteiger partial charge in [0, 0.05) is 13.1 Å². The molecule has 0 spiro atoms. The summed E-state index contributed by atoms with van der Waals surface area (Å²) in [6.45, 7) is 5.03. The Hall–Kier alpha value is -2.04. The van der Waals surface area contributed by atoms with Gasteiger partial charge in [-0.3, -0.25) is 9.59 Å². The Morgan fingerprint density at radius 3 is 2.71 bits per heavy atom. The number of likely N-dealkylation sites (tertiary alicyclic amines) is 1. The average molecular weight is 291 g/mol. The summed E-state index contributed by atoms with van der Waals surface area (Å²) in [7, 11) is 1.37. The van der Waals surface area contributed by atoms with Crippen molar-refractivity contribution in [3.05, 3.63) is 29.3 Å². The predicted molar refractivity (Wildman–Crippen MR) is 78.1 cm³/mol. The lowest BCUT2D eigenvalue weighted by Crippen LogP contribution is -2.34. The molecule has 21 heavy (non-hydrogen) atoms. The topological polar surface area (TPSA) is 55.8 Å². The van der Waals surface area contributed by atoms with Crippen LogP contribution in [-0.4, -0.2) is 43.6 Å². The van der Waals surface area contributed by atoms with Gasteiger partial charge in [0.2, 0.25) is 0 Å². The number of carbonyl (C=O) groups excluding carboxylic acids is 2. The first-order valence-corrected chi connectivity index (χ1v) is 7.07. The third-order valence-corrected chi connectivity index (χ3v) is 3.92. The van der Waals surface area contributed by atoms with Gasteiger partial charge in [-0.05, 0) is 43.5 Å². The molecule has 5 nitrogen and oxygen atoms in total. The number of benzene rings is 1. The zero-order valence-electron chi connectivity index (χ0n) is 12.7. The minimum atomic E-state index is -0.250. The summed E-state index contributed by atoms with van der Waals surface area (Å²) in [6, 6.07) is 5.75. The number of hydrogen-bond acceptors (Lipinski definition) is 4. The molecule has 1 aliphatic heterocycles. The van der Waals surface area contributed by atoms with Crippen molar-refractivity contribution in [2.24, 2.45) is 5.92 Å². The molecule has 1 atom stereocenters. The van der Waals surface area contributed by atoms with Gasteiger partial charge in [0.15, 0.2) is 6.61 Å². The van der Waals surface area contributed by atoms with Crippen LogP contribution in [0.5, 0.6) is 5.75 Å². The molecule has 1 unspecified atom stereocenters. The van der Waals surface area contributed by atoms with Crippen LogP contribution in [0.3, 0.4) is 0 Å². The molecule has 1 aromatic carbocycles. The van der Waals surface area contributed by atoms with Crippen molar-refractivity contribution in [3.8, 4) is 5.75 Å². The third kappa shape index (κ3) is 3.74. The molecule has 1 heterocycles. The van der Waals surface area contributed by atoms with E-state index in [1.165, 1.54) is 12.7 Å². The number of esters is 1. The highest BCUT2D eigenvalue weighted by Gasteiger charge is 2.31. The molecule has 1 amide bonds. The van der Waals surface area contributed by atoms with E-state index in [1.807, 2.05) is 32.0 Å². The summed E-state index contributed by atoms with van der Waals surface area (Å²) in [4.78, 5) is 25.2. The first-order chi connectivity index (χ1) is 10.0. The lowest BCUT2D eigenvalue weighted by Gasteiger charge is -2.16. The summed E-state index contributed by atoms with van der Waals surface area (Å²) >= 11 is 0. The molecular weight excluding hydrogens is 270 g/mol. The minimum Gasteiger partial charge on any atom is -0.484 e. The molecule has 0 aromatic heterocycles. The molecule has 0 N–H and O–H groups in total. The lowest BCUT2D eigenvalue weighted by atomic mass is 10.1. The van der Waals surface area contributed by atoms with E-state index in [0.29, 0.717) is 25.3 Å². The first-order valence-electron chi connectivity index (χ1n) is 7.07. The number of carbonyl (C=O) groups is 2. The second-order valence-electron chi connectivity index (χ2n) is 5.38. The maximum atomic E-state index is 12.1. The SMILES string of the molecule is COC(=O)C1CCN(C(=O)COc2ccc(C)c(C)c2)C1. The fraction of sp³-hybridized carbons (Fsp3) is 0.500. The molecule has 0 bridgehead atoms. The Labute approximate surface area is 124 Å². The molecule has 0 radical (unpaired) electrons. The Bertz CT molecular complexity index is 541. The normalized spacial score (nSPS) is 17.7. The molecule has 1 fully saturated rings. The van der Waals surface area contributed by atoms with E-state index < -0.39 is 0 Å². The van der Waals surface area contributed by atoms with Gasteiger partial charge >= 0.3 is 5.97 Å². The second-order valence-corrected chi connectivity index (χ2v) is 5.38. The van der Waals surface area contributed by atoms with Crippen LogP contribution in [0.2, 0.25) is 0 Å². The highest BCUT2D eigenvalue weighted by Crippen LogP contribution is 2.19. The van der Waals surface area contributed by atoms with E-state index in [2.05, 4.69) is 0 Å². The van der Waals surface area contributed by atoms with Gasteiger partial charge in [-0.2, -0.15) is 0 Å². The van der Waals surface area contributed by atoms with Crippen LogP contribution < -0.4 is 4.74 Å². The van der Waals surface area contributed by atoms with E-state index >= 15 is 0 Å². The van der Waals surface area contributed by atoms with E-state index in [9.17, 15) is 9.59 Å². The van der Waals surface area contributed by atoms with Gasteiger partial charge < -0.3 is 14.4 Å². The predicted octanol–water partition coefficient (Wildman–Crippen LogP) is 1.70. The summed E-state index contributed by atoms with van der Waals surface area (Å²) in [6.07, 6.45) is 0.655. The van der Waals surface area contributed by atoms with Crippen molar-refractivity contribution in [3.63, 3.8) is 0 Å². The molecule has 0 saturated carbocycles. The van der Waals surface area contributed by atoms with E-state index in [1.54, 1.807) is 4.90 Å². The van der Waals surface area contributed by atoms with Crippen molar-refractivity contribution in [1.29, 1.82) is 0 Å². The number of aryl methyl sites for hydroxylation is 2. The third-order valence-electron chi connectivity index (χ3n) is 3.92. The highest BCUT2D eigenvalue weighted by molar-refractivity contribution is 5.80. The molecule has 2 rings (SSSR count). The van der Waals surface area contributed by atoms with Crippen LogP contribution in [0, 0.1) is 19.8 Å². The number of rotatable bonds is 4. The van der Waals surface area contributed by atoms with Crippen LogP contribution in [0.15, 0.2) is 18.2 Å². The Morgan fingerprint density at radius 1 is 1.29 bits per heavy atom. The number of hydrogen-bond donors (Lipinski definition) is 0. The number of nitrogens with zero attached hydrogens (tertiary/aromatic N) is 1. The highest BCUT2D eigenvalue weighted by atomic mass is 16.5. The molecule has 114 valence electrons. The fourth-order valence-corrected chi connectivity index (χ4v) is 2.39. The smallest absolute Gasteiger partial charge is 0.310 e. The summed E-state index contributed by atoms with van der Waals surface area (Å²) in [5, 5.41) is 0. The summed E-state index contributed by atoms with van der Waals surface area (Å²) < 4.78 is 10.2. The maximum absolute atomic E-state index is 12.1. The van der Waals surface area contributed by atoms with E-state index in [0.717, 1.165) is 5.56 Å². The molecule has 0 aliphatic carbocycles. The Balaban J connectivity index is 1.85. The van der Waals surface area contributed by atoms with Crippen LogP contribution in [0.25, 0.3) is 0 Å². The molecular formula is C16H21NO4. The van der Waals surface area contributed by atoms with Crippen molar-refractivity contribution >= 4 is 11.9 Å². The Kier molecular flexibility index (Phi) is 4.83. The monoisotopic (exact) mass is 291 g/mol. The Morgan fingerprint density at radius 2 is 2.05 bits per heavy atom. The van der Waals surface area contributed by atoms with Crippen LogP contribution >= 0.6 is 0 Å². The molecule has 5 heteroatoms. The van der Waals surface area contributed by atoms with Crippen molar-refractivity contribution in [2.45, 2.75) is 20.3 Å². The fourth-order valence-electron chi connectivity index (χ4n) is 2.39. The molecule has 1 saturated heterocycles. The van der Waals surface area contributed by atoms with Crippen LogP contribution in [0.1, 0.15) is 17.5 Å². The van der Waals surface area contributed by atoms with E-state index in [4.69, 9.17) is 9.47 Å². The zero-order chi connectivity index (χ0) is 15.4. The van der Waals surface area contributed by atoms with Crippen molar-refractivity contribution in [1.82, 2.24) is 4.90 Å². The standard InChI is InChI=1S/C16H21NO4/c1-11-4-5-14(8-12(11)2)21-10-15(18)17-7-6-13(9-17)16(19)20-3/h4-5,8,13H,6-7,9-10H2,1-3H3.